The SMILES string of the molecule is CCCn1c(N)cc(=O)n(CCC)c1=S. The van der Waals surface area contributed by atoms with Crippen LogP contribution in [0.4, 0.5) is 5.82 Å². The molecule has 0 saturated carbocycles. The normalized spacial score (nSPS) is 10.5. The predicted octanol–water partition coefficient (Wildman–Crippen LogP) is 1.78. The number of nitrogen functional groups attached to an aromatic ring is 1. The smallest absolute Gasteiger partial charge is 0.256 e. The second-order valence-electron chi connectivity index (χ2n) is 3.49. The van der Waals surface area contributed by atoms with Crippen molar-refractivity contribution >= 4 is 18.0 Å². The highest BCUT2D eigenvalue weighted by Gasteiger charge is 2.04. The molecule has 1 aromatic heterocycles. The Morgan fingerprint density at radius 3 is 2.33 bits per heavy atom. The highest BCUT2D eigenvalue weighted by atomic mass is 32.1. The van der Waals surface area contributed by atoms with Gasteiger partial charge in [-0.25, -0.2) is 0 Å². The Kier molecular flexibility index (Phi) is 4.08. The van der Waals surface area contributed by atoms with Gasteiger partial charge in [-0.3, -0.25) is 9.36 Å². The van der Waals surface area contributed by atoms with Gasteiger partial charge in [-0.05, 0) is 25.1 Å². The van der Waals surface area contributed by atoms with Crippen LogP contribution in [0, 0.1) is 4.77 Å². The third-order valence-electron chi connectivity index (χ3n) is 2.21. The van der Waals surface area contributed by atoms with Crippen LogP contribution >= 0.6 is 12.2 Å². The first-order valence-corrected chi connectivity index (χ1v) is 5.62. The lowest BCUT2D eigenvalue weighted by molar-refractivity contribution is 0.566. The molecule has 5 heteroatoms. The van der Waals surface area contributed by atoms with E-state index in [1.807, 2.05) is 11.5 Å². The van der Waals surface area contributed by atoms with Gasteiger partial charge in [-0.2, -0.15) is 0 Å². The third kappa shape index (κ3) is 2.47. The van der Waals surface area contributed by atoms with Crippen molar-refractivity contribution in [3.63, 3.8) is 0 Å². The van der Waals surface area contributed by atoms with Crippen LogP contribution < -0.4 is 11.3 Å². The zero-order valence-corrected chi connectivity index (χ0v) is 10.0. The lowest BCUT2D eigenvalue weighted by Crippen LogP contribution is -2.26. The minimum absolute atomic E-state index is 0.105. The van der Waals surface area contributed by atoms with Crippen LogP contribution in [0.5, 0.6) is 0 Å². The first kappa shape index (κ1) is 12.0. The summed E-state index contributed by atoms with van der Waals surface area (Å²) in [6.07, 6.45) is 1.84. The molecule has 0 fully saturated rings. The largest absolute Gasteiger partial charge is 0.385 e. The second-order valence-corrected chi connectivity index (χ2v) is 3.86. The third-order valence-corrected chi connectivity index (χ3v) is 2.65. The fraction of sp³-hybridized carbons (Fsp3) is 0.600. The summed E-state index contributed by atoms with van der Waals surface area (Å²) in [5, 5.41) is 0. The van der Waals surface area contributed by atoms with Gasteiger partial charge in [0.05, 0.1) is 0 Å². The lowest BCUT2D eigenvalue weighted by Gasteiger charge is -2.13. The van der Waals surface area contributed by atoms with Gasteiger partial charge in [-0.15, -0.1) is 0 Å². The van der Waals surface area contributed by atoms with Crippen molar-refractivity contribution in [2.75, 3.05) is 5.73 Å². The standard InChI is InChI=1S/C10H17N3OS/c1-3-5-12-8(11)7-9(14)13(6-4-2)10(12)15/h7H,3-6,11H2,1-2H3. The topological polar surface area (TPSA) is 52.9 Å². The van der Waals surface area contributed by atoms with Crippen LogP contribution in [0.15, 0.2) is 10.9 Å². The van der Waals surface area contributed by atoms with Crippen LogP contribution in [0.2, 0.25) is 0 Å². The number of aromatic nitrogens is 2. The lowest BCUT2D eigenvalue weighted by atomic mass is 10.4. The average Bonchev–Trinajstić information content (AvgIpc) is 2.19. The summed E-state index contributed by atoms with van der Waals surface area (Å²) in [5.74, 6) is 0.458. The van der Waals surface area contributed by atoms with Crippen molar-refractivity contribution in [2.24, 2.45) is 0 Å². The van der Waals surface area contributed by atoms with Crippen molar-refractivity contribution in [1.29, 1.82) is 0 Å². The van der Waals surface area contributed by atoms with Gasteiger partial charge in [-0.1, -0.05) is 13.8 Å². The molecule has 0 atom stereocenters. The van der Waals surface area contributed by atoms with E-state index in [-0.39, 0.29) is 5.56 Å². The van der Waals surface area contributed by atoms with Crippen molar-refractivity contribution in [3.8, 4) is 0 Å². The number of nitrogens with zero attached hydrogens (tertiary/aromatic N) is 2. The van der Waals surface area contributed by atoms with Crippen LogP contribution in [-0.2, 0) is 13.1 Å². The van der Waals surface area contributed by atoms with E-state index in [4.69, 9.17) is 18.0 Å². The van der Waals surface area contributed by atoms with Crippen molar-refractivity contribution < 1.29 is 0 Å². The summed E-state index contributed by atoms with van der Waals surface area (Å²) in [6, 6.07) is 1.45. The van der Waals surface area contributed by atoms with Crippen LogP contribution in [0.1, 0.15) is 26.7 Å². The maximum Gasteiger partial charge on any atom is 0.256 e. The zero-order valence-electron chi connectivity index (χ0n) is 9.19. The quantitative estimate of drug-likeness (QED) is 0.798. The van der Waals surface area contributed by atoms with Gasteiger partial charge in [0.15, 0.2) is 4.77 Å². The Labute approximate surface area is 94.3 Å². The Morgan fingerprint density at radius 1 is 1.27 bits per heavy atom. The summed E-state index contributed by atoms with van der Waals surface area (Å²) in [5.41, 5.74) is 5.65. The summed E-state index contributed by atoms with van der Waals surface area (Å²) >= 11 is 5.24. The van der Waals surface area contributed by atoms with E-state index in [0.717, 1.165) is 19.4 Å². The molecule has 1 rings (SSSR count). The number of nitrogens with two attached hydrogens (primary N) is 1. The van der Waals surface area contributed by atoms with Gasteiger partial charge >= 0.3 is 0 Å². The van der Waals surface area contributed by atoms with Crippen LogP contribution in [-0.4, -0.2) is 9.13 Å². The Bertz CT molecular complexity index is 447. The van der Waals surface area contributed by atoms with Gasteiger partial charge in [0.1, 0.15) is 5.82 Å². The number of hydrogen-bond donors (Lipinski definition) is 1. The summed E-state index contributed by atoms with van der Waals surface area (Å²) < 4.78 is 3.94. The van der Waals surface area contributed by atoms with Gasteiger partial charge in [0, 0.05) is 19.2 Å². The molecule has 0 aromatic carbocycles. The number of anilines is 1. The molecule has 0 spiro atoms. The highest BCUT2D eigenvalue weighted by molar-refractivity contribution is 7.71. The van der Waals surface area contributed by atoms with Gasteiger partial charge in [0.25, 0.3) is 5.56 Å². The fourth-order valence-electron chi connectivity index (χ4n) is 1.51. The second kappa shape index (κ2) is 5.11. The van der Waals surface area contributed by atoms with Crippen LogP contribution in [0.25, 0.3) is 0 Å². The van der Waals surface area contributed by atoms with E-state index in [1.165, 1.54) is 6.07 Å². The van der Waals surface area contributed by atoms with E-state index in [2.05, 4.69) is 6.92 Å². The minimum atomic E-state index is -0.105. The van der Waals surface area contributed by atoms with Crippen molar-refractivity contribution in [2.45, 2.75) is 39.8 Å². The zero-order chi connectivity index (χ0) is 11.4. The first-order chi connectivity index (χ1) is 7.11. The molecular formula is C10H17N3OS. The molecule has 0 bridgehead atoms. The van der Waals surface area contributed by atoms with E-state index >= 15 is 0 Å². The fourth-order valence-corrected chi connectivity index (χ4v) is 1.89. The molecule has 0 aliphatic rings. The molecule has 0 aliphatic carbocycles. The molecule has 4 nitrogen and oxygen atoms in total. The van der Waals surface area contributed by atoms with E-state index in [0.29, 0.717) is 17.1 Å². The Morgan fingerprint density at radius 2 is 1.80 bits per heavy atom. The molecule has 1 aromatic rings. The summed E-state index contributed by atoms with van der Waals surface area (Å²) in [4.78, 5) is 11.6. The molecule has 1 heterocycles. The molecule has 0 radical (unpaired) electrons. The number of rotatable bonds is 4. The maximum absolute atomic E-state index is 11.6. The monoisotopic (exact) mass is 227 g/mol. The number of hydrogen-bond acceptors (Lipinski definition) is 3. The van der Waals surface area contributed by atoms with E-state index in [1.54, 1.807) is 4.57 Å². The molecule has 0 amide bonds. The predicted molar refractivity (Wildman–Crippen MR) is 64.5 cm³/mol. The molecule has 15 heavy (non-hydrogen) atoms. The Balaban J connectivity index is 3.36. The van der Waals surface area contributed by atoms with Crippen molar-refractivity contribution in [3.05, 3.63) is 21.2 Å². The molecule has 0 aliphatic heterocycles. The van der Waals surface area contributed by atoms with Gasteiger partial charge < -0.3 is 10.3 Å². The average molecular weight is 227 g/mol. The summed E-state index contributed by atoms with van der Waals surface area (Å²) in [6.45, 7) is 5.48. The van der Waals surface area contributed by atoms with Gasteiger partial charge in [0.2, 0.25) is 0 Å². The van der Waals surface area contributed by atoms with Crippen molar-refractivity contribution in [1.82, 2.24) is 9.13 Å². The first-order valence-electron chi connectivity index (χ1n) is 5.22. The van der Waals surface area contributed by atoms with E-state index in [9.17, 15) is 4.79 Å². The minimum Gasteiger partial charge on any atom is -0.385 e. The molecule has 0 unspecified atom stereocenters. The molecule has 84 valence electrons. The summed E-state index contributed by atoms with van der Waals surface area (Å²) in [7, 11) is 0. The van der Waals surface area contributed by atoms with Crippen LogP contribution in [0.3, 0.4) is 0 Å². The molecule has 0 saturated heterocycles. The maximum atomic E-state index is 11.6. The highest BCUT2D eigenvalue weighted by Crippen LogP contribution is 2.03. The Hall–Kier alpha value is -1.10. The molecule has 2 N–H and O–H groups in total. The molecular weight excluding hydrogens is 210 g/mol. The van der Waals surface area contributed by atoms with E-state index < -0.39 is 0 Å².